The van der Waals surface area contributed by atoms with Gasteiger partial charge in [0.05, 0.1) is 12.9 Å². The van der Waals surface area contributed by atoms with Crippen molar-refractivity contribution in [3.8, 4) is 22.8 Å². The number of aromatic nitrogens is 3. The zero-order valence-corrected chi connectivity index (χ0v) is 18.8. The van der Waals surface area contributed by atoms with Crippen molar-refractivity contribution in [2.45, 2.75) is 43.8 Å². The van der Waals surface area contributed by atoms with Crippen molar-refractivity contribution in [3.05, 3.63) is 54.6 Å². The van der Waals surface area contributed by atoms with Crippen LogP contribution in [-0.2, 0) is 4.79 Å². The molecule has 1 N–H and O–H groups in total. The van der Waals surface area contributed by atoms with Crippen LogP contribution in [0, 0.1) is 5.92 Å². The van der Waals surface area contributed by atoms with Gasteiger partial charge < -0.3 is 10.1 Å². The summed E-state index contributed by atoms with van der Waals surface area (Å²) in [6.07, 6.45) is 4.70. The first-order valence-electron chi connectivity index (χ1n) is 10.7. The summed E-state index contributed by atoms with van der Waals surface area (Å²) in [5.41, 5.74) is 1.86. The lowest BCUT2D eigenvalue weighted by atomic mass is 9.86. The maximum atomic E-state index is 12.6. The summed E-state index contributed by atoms with van der Waals surface area (Å²) in [7, 11) is 1.65. The van der Waals surface area contributed by atoms with Crippen molar-refractivity contribution in [2.24, 2.45) is 5.92 Å². The van der Waals surface area contributed by atoms with Crippen LogP contribution in [0.1, 0.15) is 32.6 Å². The second-order valence-electron chi connectivity index (χ2n) is 7.93. The highest BCUT2D eigenvalue weighted by molar-refractivity contribution is 7.99. The Labute approximate surface area is 187 Å². The molecule has 0 bridgehead atoms. The Morgan fingerprint density at radius 2 is 1.94 bits per heavy atom. The number of nitrogens with one attached hydrogen (secondary N) is 1. The van der Waals surface area contributed by atoms with E-state index < -0.39 is 0 Å². The van der Waals surface area contributed by atoms with Gasteiger partial charge in [-0.15, -0.1) is 10.2 Å². The fourth-order valence-corrected chi connectivity index (χ4v) is 4.79. The molecule has 0 saturated heterocycles. The zero-order chi connectivity index (χ0) is 21.6. The molecule has 1 saturated carbocycles. The van der Waals surface area contributed by atoms with Crippen LogP contribution in [0.3, 0.4) is 0 Å². The highest BCUT2D eigenvalue weighted by atomic mass is 32.2. The van der Waals surface area contributed by atoms with Crippen LogP contribution in [0.5, 0.6) is 5.75 Å². The average Bonchev–Trinajstić information content (AvgIpc) is 3.24. The van der Waals surface area contributed by atoms with Crippen LogP contribution >= 0.6 is 11.8 Å². The van der Waals surface area contributed by atoms with E-state index in [1.54, 1.807) is 7.11 Å². The Morgan fingerprint density at radius 3 is 2.71 bits per heavy atom. The monoisotopic (exact) mass is 436 g/mol. The number of hydrogen-bond acceptors (Lipinski definition) is 5. The third-order valence-corrected chi connectivity index (χ3v) is 6.69. The number of thioether (sulfide) groups is 1. The van der Waals surface area contributed by atoms with Crippen molar-refractivity contribution in [1.82, 2.24) is 20.1 Å². The van der Waals surface area contributed by atoms with Crippen LogP contribution in [0.25, 0.3) is 17.1 Å². The smallest absolute Gasteiger partial charge is 0.230 e. The normalized spacial score (nSPS) is 18.5. The molecule has 1 aromatic heterocycles. The van der Waals surface area contributed by atoms with Crippen LogP contribution in [0.2, 0.25) is 0 Å². The van der Waals surface area contributed by atoms with Crippen molar-refractivity contribution < 1.29 is 9.53 Å². The van der Waals surface area contributed by atoms with Gasteiger partial charge in [0.25, 0.3) is 0 Å². The van der Waals surface area contributed by atoms with Gasteiger partial charge in [0.1, 0.15) is 5.75 Å². The number of methoxy groups -OCH3 is 1. The van der Waals surface area contributed by atoms with Gasteiger partial charge in [-0.25, -0.2) is 0 Å². The van der Waals surface area contributed by atoms with Crippen LogP contribution < -0.4 is 10.1 Å². The SMILES string of the molecule is COc1cccc(-c2nnc(SCC(=O)NC3CCCCC3C)n2-c2ccccc2)c1. The summed E-state index contributed by atoms with van der Waals surface area (Å²) in [5, 5.41) is 12.8. The molecule has 1 aliphatic rings. The van der Waals surface area contributed by atoms with E-state index in [2.05, 4.69) is 22.4 Å². The maximum absolute atomic E-state index is 12.6. The highest BCUT2D eigenvalue weighted by Gasteiger charge is 2.23. The van der Waals surface area contributed by atoms with Gasteiger partial charge in [-0.1, -0.05) is 61.9 Å². The summed E-state index contributed by atoms with van der Waals surface area (Å²) in [4.78, 5) is 12.6. The Morgan fingerprint density at radius 1 is 1.13 bits per heavy atom. The van der Waals surface area contributed by atoms with E-state index in [1.165, 1.54) is 31.0 Å². The van der Waals surface area contributed by atoms with Crippen LogP contribution in [0.4, 0.5) is 0 Å². The van der Waals surface area contributed by atoms with E-state index in [0.29, 0.717) is 22.7 Å². The first-order chi connectivity index (χ1) is 15.2. The standard InChI is InChI=1S/C24H28N4O2S/c1-17-9-6-7-14-21(17)25-22(29)16-31-24-27-26-23(18-10-8-13-20(15-18)30-2)28(24)19-11-4-3-5-12-19/h3-5,8,10-13,15,17,21H,6-7,9,14,16H2,1-2H3,(H,25,29). The topological polar surface area (TPSA) is 69.0 Å². The zero-order valence-electron chi connectivity index (χ0n) is 18.0. The molecule has 3 aromatic rings. The van der Waals surface area contributed by atoms with E-state index in [9.17, 15) is 4.79 Å². The number of carbonyl (C=O) groups is 1. The number of amides is 1. The summed E-state index contributed by atoms with van der Waals surface area (Å²) in [6.45, 7) is 2.23. The lowest BCUT2D eigenvalue weighted by Crippen LogP contribution is -2.41. The molecule has 2 atom stereocenters. The van der Waals surface area contributed by atoms with E-state index >= 15 is 0 Å². The summed E-state index contributed by atoms with van der Waals surface area (Å²) in [5.74, 6) is 2.38. The van der Waals surface area contributed by atoms with Crippen molar-refractivity contribution in [1.29, 1.82) is 0 Å². The van der Waals surface area contributed by atoms with Crippen molar-refractivity contribution in [3.63, 3.8) is 0 Å². The van der Waals surface area contributed by atoms with Gasteiger partial charge in [0.2, 0.25) is 5.91 Å². The number of benzene rings is 2. The second kappa shape index (κ2) is 10.0. The number of ether oxygens (including phenoxy) is 1. The molecule has 4 rings (SSSR count). The molecule has 6 nitrogen and oxygen atoms in total. The van der Waals surface area contributed by atoms with E-state index in [-0.39, 0.29) is 11.9 Å². The Kier molecular flexibility index (Phi) is 6.92. The van der Waals surface area contributed by atoms with E-state index in [4.69, 9.17) is 4.74 Å². The minimum atomic E-state index is 0.0503. The quantitative estimate of drug-likeness (QED) is 0.542. The fraction of sp³-hybridized carbons (Fsp3) is 0.375. The van der Waals surface area contributed by atoms with Crippen molar-refractivity contribution in [2.75, 3.05) is 12.9 Å². The molecule has 2 aromatic carbocycles. The molecule has 1 amide bonds. The molecular formula is C24H28N4O2S. The average molecular weight is 437 g/mol. The Balaban J connectivity index is 1.56. The van der Waals surface area contributed by atoms with Gasteiger partial charge in [0.15, 0.2) is 11.0 Å². The molecule has 1 heterocycles. The van der Waals surface area contributed by atoms with Crippen molar-refractivity contribution >= 4 is 17.7 Å². The molecular weight excluding hydrogens is 408 g/mol. The van der Waals surface area contributed by atoms with Crippen LogP contribution in [-0.4, -0.2) is 39.6 Å². The summed E-state index contributed by atoms with van der Waals surface area (Å²) in [6, 6.07) is 18.0. The number of rotatable bonds is 7. The molecule has 7 heteroatoms. The molecule has 0 radical (unpaired) electrons. The molecule has 0 aliphatic heterocycles. The molecule has 1 fully saturated rings. The molecule has 31 heavy (non-hydrogen) atoms. The van der Waals surface area contributed by atoms with E-state index in [0.717, 1.165) is 23.4 Å². The number of hydrogen-bond donors (Lipinski definition) is 1. The molecule has 162 valence electrons. The number of carbonyl (C=O) groups excluding carboxylic acids is 1. The lowest BCUT2D eigenvalue weighted by Gasteiger charge is -2.29. The largest absolute Gasteiger partial charge is 0.497 e. The van der Waals surface area contributed by atoms with Crippen LogP contribution in [0.15, 0.2) is 59.8 Å². The summed E-state index contributed by atoms with van der Waals surface area (Å²) >= 11 is 1.41. The third-order valence-electron chi connectivity index (χ3n) is 5.77. The second-order valence-corrected chi connectivity index (χ2v) is 8.88. The number of nitrogens with zero attached hydrogens (tertiary/aromatic N) is 3. The maximum Gasteiger partial charge on any atom is 0.230 e. The molecule has 0 spiro atoms. The predicted molar refractivity (Wildman–Crippen MR) is 124 cm³/mol. The minimum absolute atomic E-state index is 0.0503. The lowest BCUT2D eigenvalue weighted by molar-refractivity contribution is -0.119. The minimum Gasteiger partial charge on any atom is -0.497 e. The Hall–Kier alpha value is -2.80. The van der Waals surface area contributed by atoms with Gasteiger partial charge in [-0.05, 0) is 43.0 Å². The van der Waals surface area contributed by atoms with Gasteiger partial charge in [-0.2, -0.15) is 0 Å². The molecule has 2 unspecified atom stereocenters. The summed E-state index contributed by atoms with van der Waals surface area (Å²) < 4.78 is 7.37. The number of para-hydroxylation sites is 1. The Bertz CT molecular complexity index is 1020. The van der Waals surface area contributed by atoms with Gasteiger partial charge >= 0.3 is 0 Å². The van der Waals surface area contributed by atoms with Gasteiger partial charge in [0, 0.05) is 17.3 Å². The predicted octanol–water partition coefficient (Wildman–Crippen LogP) is 4.73. The highest BCUT2D eigenvalue weighted by Crippen LogP contribution is 2.30. The molecule has 1 aliphatic carbocycles. The fourth-order valence-electron chi connectivity index (χ4n) is 4.03. The first kappa shape index (κ1) is 21.4. The third kappa shape index (κ3) is 5.10. The van der Waals surface area contributed by atoms with E-state index in [1.807, 2.05) is 59.2 Å². The first-order valence-corrected chi connectivity index (χ1v) is 11.7. The van der Waals surface area contributed by atoms with Gasteiger partial charge in [-0.3, -0.25) is 9.36 Å².